The average Bonchev–Trinajstić information content (AvgIpc) is 2.54. The van der Waals surface area contributed by atoms with Gasteiger partial charge in [-0.15, -0.1) is 0 Å². The van der Waals surface area contributed by atoms with Crippen molar-refractivity contribution in [2.75, 3.05) is 13.1 Å². The maximum absolute atomic E-state index is 11.8. The molecule has 1 heterocycles. The second-order valence-corrected chi connectivity index (χ2v) is 5.25. The third-order valence-corrected chi connectivity index (χ3v) is 2.99. The molecule has 88 valence electrons. The molecule has 0 aromatic carbocycles. The number of nitrogens with one attached hydrogen (secondary N) is 2. The Balaban J connectivity index is 2.27. The molecule has 0 bridgehead atoms. The standard InChI is InChI=1S/C12H24N2O/c1-4-6-12(2,3)14-11(15)8-10-5-7-13-9-10/h10,13H,4-9H2,1-3H3,(H,14,15). The first-order valence-corrected chi connectivity index (χ1v) is 6.05. The number of hydrogen-bond acceptors (Lipinski definition) is 2. The summed E-state index contributed by atoms with van der Waals surface area (Å²) in [4.78, 5) is 11.8. The van der Waals surface area contributed by atoms with Gasteiger partial charge in [0.1, 0.15) is 0 Å². The summed E-state index contributed by atoms with van der Waals surface area (Å²) in [7, 11) is 0. The van der Waals surface area contributed by atoms with Crippen LogP contribution in [0.2, 0.25) is 0 Å². The normalized spacial score (nSPS) is 21.7. The largest absolute Gasteiger partial charge is 0.351 e. The monoisotopic (exact) mass is 212 g/mol. The summed E-state index contributed by atoms with van der Waals surface area (Å²) in [5, 5.41) is 6.40. The Labute approximate surface area is 93.0 Å². The first-order chi connectivity index (χ1) is 7.03. The van der Waals surface area contributed by atoms with E-state index < -0.39 is 0 Å². The van der Waals surface area contributed by atoms with Crippen molar-refractivity contribution in [2.24, 2.45) is 5.92 Å². The van der Waals surface area contributed by atoms with Gasteiger partial charge in [0.15, 0.2) is 0 Å². The molecule has 1 aliphatic heterocycles. The molecule has 1 unspecified atom stereocenters. The summed E-state index contributed by atoms with van der Waals surface area (Å²) in [6.45, 7) is 8.41. The Bertz CT molecular complexity index is 208. The molecule has 2 N–H and O–H groups in total. The van der Waals surface area contributed by atoms with Gasteiger partial charge in [0.05, 0.1) is 0 Å². The molecule has 1 aliphatic rings. The van der Waals surface area contributed by atoms with Crippen LogP contribution in [-0.2, 0) is 4.79 Å². The molecule has 1 fully saturated rings. The molecule has 0 aromatic heterocycles. The van der Waals surface area contributed by atoms with Gasteiger partial charge in [-0.3, -0.25) is 4.79 Å². The third kappa shape index (κ3) is 4.65. The fourth-order valence-corrected chi connectivity index (χ4v) is 2.27. The highest BCUT2D eigenvalue weighted by Gasteiger charge is 2.22. The van der Waals surface area contributed by atoms with Gasteiger partial charge in [0.2, 0.25) is 5.91 Å². The van der Waals surface area contributed by atoms with Gasteiger partial charge < -0.3 is 10.6 Å². The van der Waals surface area contributed by atoms with Crippen LogP contribution in [-0.4, -0.2) is 24.5 Å². The highest BCUT2D eigenvalue weighted by molar-refractivity contribution is 5.77. The summed E-state index contributed by atoms with van der Waals surface area (Å²) < 4.78 is 0. The fraction of sp³-hybridized carbons (Fsp3) is 0.917. The quantitative estimate of drug-likeness (QED) is 0.728. The van der Waals surface area contributed by atoms with E-state index in [9.17, 15) is 4.79 Å². The highest BCUT2D eigenvalue weighted by Crippen LogP contribution is 2.15. The van der Waals surface area contributed by atoms with E-state index in [1.165, 1.54) is 0 Å². The van der Waals surface area contributed by atoms with Crippen molar-refractivity contribution < 1.29 is 4.79 Å². The minimum Gasteiger partial charge on any atom is -0.351 e. The Hall–Kier alpha value is -0.570. The van der Waals surface area contributed by atoms with Crippen molar-refractivity contribution in [3.8, 4) is 0 Å². The third-order valence-electron chi connectivity index (χ3n) is 2.99. The van der Waals surface area contributed by atoms with Crippen molar-refractivity contribution in [3.05, 3.63) is 0 Å². The summed E-state index contributed by atoms with van der Waals surface area (Å²) >= 11 is 0. The van der Waals surface area contributed by atoms with E-state index >= 15 is 0 Å². The molecule has 0 aromatic rings. The van der Waals surface area contributed by atoms with E-state index in [0.29, 0.717) is 12.3 Å². The number of rotatable bonds is 5. The van der Waals surface area contributed by atoms with Crippen molar-refractivity contribution >= 4 is 5.91 Å². The topological polar surface area (TPSA) is 41.1 Å². The van der Waals surface area contributed by atoms with Gasteiger partial charge >= 0.3 is 0 Å². The first kappa shape index (κ1) is 12.5. The van der Waals surface area contributed by atoms with Gasteiger partial charge in [0.25, 0.3) is 0 Å². The summed E-state index contributed by atoms with van der Waals surface area (Å²) in [5.74, 6) is 0.754. The van der Waals surface area contributed by atoms with Crippen molar-refractivity contribution in [1.82, 2.24) is 10.6 Å². The number of hydrogen-bond donors (Lipinski definition) is 2. The zero-order valence-corrected chi connectivity index (χ0v) is 10.2. The molecular formula is C12H24N2O. The minimum absolute atomic E-state index is 0.0438. The van der Waals surface area contributed by atoms with Crippen molar-refractivity contribution in [2.45, 2.75) is 52.0 Å². The molecule has 0 saturated carbocycles. The van der Waals surface area contributed by atoms with Gasteiger partial charge in [-0.2, -0.15) is 0 Å². The SMILES string of the molecule is CCCC(C)(C)NC(=O)CC1CCNC1. The second kappa shape index (κ2) is 5.50. The zero-order valence-electron chi connectivity index (χ0n) is 10.2. The fourth-order valence-electron chi connectivity index (χ4n) is 2.27. The van der Waals surface area contributed by atoms with Crippen LogP contribution < -0.4 is 10.6 Å². The molecule has 1 saturated heterocycles. The molecule has 1 atom stereocenters. The molecule has 15 heavy (non-hydrogen) atoms. The molecular weight excluding hydrogens is 188 g/mol. The lowest BCUT2D eigenvalue weighted by Gasteiger charge is -2.26. The lowest BCUT2D eigenvalue weighted by atomic mass is 9.97. The Morgan fingerprint density at radius 1 is 1.53 bits per heavy atom. The lowest BCUT2D eigenvalue weighted by molar-refractivity contribution is -0.123. The predicted octanol–water partition coefficient (Wildman–Crippen LogP) is 1.68. The van der Waals surface area contributed by atoms with E-state index in [-0.39, 0.29) is 11.4 Å². The van der Waals surface area contributed by atoms with E-state index in [2.05, 4.69) is 31.4 Å². The first-order valence-electron chi connectivity index (χ1n) is 6.05. The van der Waals surface area contributed by atoms with Crippen LogP contribution in [0.4, 0.5) is 0 Å². The highest BCUT2D eigenvalue weighted by atomic mass is 16.1. The van der Waals surface area contributed by atoms with Crippen LogP contribution in [0.5, 0.6) is 0 Å². The molecule has 3 nitrogen and oxygen atoms in total. The summed E-state index contributed by atoms with van der Waals surface area (Å²) in [5.41, 5.74) is -0.0438. The van der Waals surface area contributed by atoms with Gasteiger partial charge in [-0.25, -0.2) is 0 Å². The zero-order chi connectivity index (χ0) is 11.3. The van der Waals surface area contributed by atoms with E-state index in [4.69, 9.17) is 0 Å². The molecule has 0 spiro atoms. The van der Waals surface area contributed by atoms with Crippen LogP contribution in [0.1, 0.15) is 46.5 Å². The Morgan fingerprint density at radius 3 is 2.80 bits per heavy atom. The van der Waals surface area contributed by atoms with Gasteiger partial charge in [-0.05, 0) is 45.7 Å². The number of carbonyl (C=O) groups is 1. The predicted molar refractivity (Wildman–Crippen MR) is 62.7 cm³/mol. The smallest absolute Gasteiger partial charge is 0.220 e. The van der Waals surface area contributed by atoms with Crippen LogP contribution in [0.15, 0.2) is 0 Å². The van der Waals surface area contributed by atoms with E-state index in [1.54, 1.807) is 0 Å². The van der Waals surface area contributed by atoms with Crippen LogP contribution in [0.25, 0.3) is 0 Å². The molecule has 0 aliphatic carbocycles. The Morgan fingerprint density at radius 2 is 2.27 bits per heavy atom. The molecule has 3 heteroatoms. The maximum Gasteiger partial charge on any atom is 0.220 e. The molecule has 1 amide bonds. The minimum atomic E-state index is -0.0438. The Kier molecular flexibility index (Phi) is 4.58. The van der Waals surface area contributed by atoms with E-state index in [0.717, 1.165) is 32.4 Å². The maximum atomic E-state index is 11.8. The number of carbonyl (C=O) groups excluding carboxylic acids is 1. The van der Waals surface area contributed by atoms with Crippen LogP contribution in [0.3, 0.4) is 0 Å². The second-order valence-electron chi connectivity index (χ2n) is 5.25. The molecule has 0 radical (unpaired) electrons. The molecule has 1 rings (SSSR count). The van der Waals surface area contributed by atoms with E-state index in [1.807, 2.05) is 0 Å². The van der Waals surface area contributed by atoms with Crippen molar-refractivity contribution in [1.29, 1.82) is 0 Å². The summed E-state index contributed by atoms with van der Waals surface area (Å²) in [6, 6.07) is 0. The van der Waals surface area contributed by atoms with Gasteiger partial charge in [-0.1, -0.05) is 13.3 Å². The average molecular weight is 212 g/mol. The van der Waals surface area contributed by atoms with Crippen LogP contribution in [0, 0.1) is 5.92 Å². The van der Waals surface area contributed by atoms with Crippen molar-refractivity contribution in [3.63, 3.8) is 0 Å². The van der Waals surface area contributed by atoms with Gasteiger partial charge in [0, 0.05) is 12.0 Å². The number of amides is 1. The lowest BCUT2D eigenvalue weighted by Crippen LogP contribution is -2.43. The van der Waals surface area contributed by atoms with Crippen LogP contribution >= 0.6 is 0 Å². The summed E-state index contributed by atoms with van der Waals surface area (Å²) in [6.07, 6.45) is 3.97.